The number of benzene rings is 2. The fourth-order valence-electron chi connectivity index (χ4n) is 3.72. The van der Waals surface area contributed by atoms with Crippen molar-refractivity contribution in [2.24, 2.45) is 0 Å². The van der Waals surface area contributed by atoms with Crippen LogP contribution in [0.3, 0.4) is 0 Å². The molecule has 2 aromatic carbocycles. The van der Waals surface area contributed by atoms with E-state index in [4.69, 9.17) is 9.72 Å². The number of fused-ring (bicyclic) bond motifs is 2. The van der Waals surface area contributed by atoms with Crippen molar-refractivity contribution in [3.8, 4) is 5.75 Å². The van der Waals surface area contributed by atoms with Gasteiger partial charge in [-0.25, -0.2) is 9.78 Å². The lowest BCUT2D eigenvalue weighted by atomic mass is 10.0. The Hall–Kier alpha value is -3.93. The van der Waals surface area contributed by atoms with Crippen LogP contribution in [-0.4, -0.2) is 35.1 Å². The van der Waals surface area contributed by atoms with Gasteiger partial charge >= 0.3 is 5.97 Å². The molecule has 0 fully saturated rings. The predicted molar refractivity (Wildman–Crippen MR) is 120 cm³/mol. The SMILES string of the molecule is C=CCNC(=O)COC(=O)c1c2c(nc3ccccc13)/C(=C/c1ccc(O)cc1)CC2. The van der Waals surface area contributed by atoms with Crippen LogP contribution < -0.4 is 5.32 Å². The largest absolute Gasteiger partial charge is 0.508 e. The summed E-state index contributed by atoms with van der Waals surface area (Å²) in [6.45, 7) is 3.51. The lowest BCUT2D eigenvalue weighted by Crippen LogP contribution is -2.29. The number of phenolic OH excluding ortho intramolecular Hbond substituents is 1. The highest BCUT2D eigenvalue weighted by Crippen LogP contribution is 2.37. The molecule has 1 aliphatic carbocycles. The lowest BCUT2D eigenvalue weighted by molar-refractivity contribution is -0.124. The van der Waals surface area contributed by atoms with Gasteiger partial charge in [-0.05, 0) is 53.8 Å². The first-order valence-corrected chi connectivity index (χ1v) is 10.0. The van der Waals surface area contributed by atoms with Crippen LogP contribution in [0.2, 0.25) is 0 Å². The molecule has 0 atom stereocenters. The summed E-state index contributed by atoms with van der Waals surface area (Å²) in [5.74, 6) is -0.703. The molecule has 6 heteroatoms. The molecule has 6 nitrogen and oxygen atoms in total. The Labute approximate surface area is 179 Å². The van der Waals surface area contributed by atoms with Gasteiger partial charge in [0.05, 0.1) is 16.8 Å². The number of nitrogens with zero attached hydrogens (tertiary/aromatic N) is 1. The predicted octanol–water partition coefficient (Wildman–Crippen LogP) is 3.89. The van der Waals surface area contributed by atoms with Crippen LogP contribution >= 0.6 is 0 Å². The molecule has 0 aliphatic heterocycles. The van der Waals surface area contributed by atoms with Crippen LogP contribution in [-0.2, 0) is 16.0 Å². The molecule has 1 amide bonds. The summed E-state index contributed by atoms with van der Waals surface area (Å²) < 4.78 is 5.33. The number of pyridine rings is 1. The average molecular weight is 414 g/mol. The van der Waals surface area contributed by atoms with Gasteiger partial charge in [-0.1, -0.05) is 36.4 Å². The molecule has 3 aromatic rings. The number of carbonyl (C=O) groups is 2. The molecule has 0 saturated heterocycles. The molecule has 2 N–H and O–H groups in total. The van der Waals surface area contributed by atoms with Gasteiger partial charge in [-0.3, -0.25) is 4.79 Å². The number of allylic oxidation sites excluding steroid dienone is 1. The van der Waals surface area contributed by atoms with Crippen molar-refractivity contribution in [2.75, 3.05) is 13.2 Å². The molecule has 0 unspecified atom stereocenters. The van der Waals surface area contributed by atoms with E-state index >= 15 is 0 Å². The zero-order valence-electron chi connectivity index (χ0n) is 16.9. The Balaban J connectivity index is 1.71. The maximum atomic E-state index is 13.0. The van der Waals surface area contributed by atoms with E-state index in [2.05, 4.69) is 11.9 Å². The van der Waals surface area contributed by atoms with Crippen molar-refractivity contribution in [3.05, 3.63) is 83.6 Å². The van der Waals surface area contributed by atoms with E-state index in [9.17, 15) is 14.7 Å². The number of nitrogens with one attached hydrogen (secondary N) is 1. The second-order valence-electron chi connectivity index (χ2n) is 7.26. The number of amides is 1. The van der Waals surface area contributed by atoms with Gasteiger partial charge in [-0.2, -0.15) is 0 Å². The van der Waals surface area contributed by atoms with E-state index in [1.165, 1.54) is 0 Å². The van der Waals surface area contributed by atoms with Gasteiger partial charge in [0, 0.05) is 11.9 Å². The summed E-state index contributed by atoms with van der Waals surface area (Å²) in [4.78, 5) is 29.7. The van der Waals surface area contributed by atoms with E-state index in [0.717, 1.165) is 28.8 Å². The minimum absolute atomic E-state index is 0.209. The topological polar surface area (TPSA) is 88.5 Å². The van der Waals surface area contributed by atoms with Crippen molar-refractivity contribution in [1.29, 1.82) is 0 Å². The number of phenols is 1. The van der Waals surface area contributed by atoms with Crippen LogP contribution in [0.4, 0.5) is 0 Å². The highest BCUT2D eigenvalue weighted by molar-refractivity contribution is 6.07. The lowest BCUT2D eigenvalue weighted by Gasteiger charge is -2.12. The summed E-state index contributed by atoms with van der Waals surface area (Å²) in [6, 6.07) is 14.4. The number of aromatic nitrogens is 1. The fraction of sp³-hybridized carbons (Fsp3) is 0.160. The minimum atomic E-state index is -0.533. The molecule has 31 heavy (non-hydrogen) atoms. The zero-order valence-corrected chi connectivity index (χ0v) is 16.9. The summed E-state index contributed by atoms with van der Waals surface area (Å²) >= 11 is 0. The third kappa shape index (κ3) is 4.33. The van der Waals surface area contributed by atoms with Gasteiger partial charge in [0.25, 0.3) is 5.91 Å². The van der Waals surface area contributed by atoms with Gasteiger partial charge < -0.3 is 15.2 Å². The van der Waals surface area contributed by atoms with Crippen molar-refractivity contribution in [3.63, 3.8) is 0 Å². The summed E-state index contributed by atoms with van der Waals surface area (Å²) in [5.41, 5.74) is 4.73. The van der Waals surface area contributed by atoms with Crippen molar-refractivity contribution >= 4 is 34.4 Å². The first-order chi connectivity index (χ1) is 15.1. The molecule has 156 valence electrons. The average Bonchev–Trinajstić information content (AvgIpc) is 3.17. The quantitative estimate of drug-likeness (QED) is 0.472. The minimum Gasteiger partial charge on any atom is -0.508 e. The Morgan fingerprint density at radius 3 is 2.68 bits per heavy atom. The van der Waals surface area contributed by atoms with Gasteiger partial charge in [-0.15, -0.1) is 6.58 Å². The first-order valence-electron chi connectivity index (χ1n) is 10.0. The molecule has 1 aromatic heterocycles. The molecule has 0 saturated carbocycles. The Kier molecular flexibility index (Phi) is 5.80. The van der Waals surface area contributed by atoms with Crippen molar-refractivity contribution < 1.29 is 19.4 Å². The number of hydrogen-bond acceptors (Lipinski definition) is 5. The summed E-state index contributed by atoms with van der Waals surface area (Å²) in [5, 5.41) is 12.8. The van der Waals surface area contributed by atoms with Crippen LogP contribution in [0.25, 0.3) is 22.6 Å². The third-order valence-electron chi connectivity index (χ3n) is 5.16. The zero-order chi connectivity index (χ0) is 21.8. The Morgan fingerprint density at radius 2 is 1.90 bits per heavy atom. The van der Waals surface area contributed by atoms with E-state index in [1.807, 2.05) is 42.5 Å². The standard InChI is InChI=1S/C25H22N2O4/c1-2-13-26-22(29)15-31-25(30)23-19-5-3-4-6-21(19)27-24-17(9-12-20(23)24)14-16-7-10-18(28)11-8-16/h2-8,10-11,14,28H,1,9,12-13,15H2,(H,26,29)/b17-14+. The second-order valence-corrected chi connectivity index (χ2v) is 7.26. The van der Waals surface area contributed by atoms with Crippen LogP contribution in [0.1, 0.15) is 33.6 Å². The Morgan fingerprint density at radius 1 is 1.13 bits per heavy atom. The first kappa shape index (κ1) is 20.3. The molecule has 1 heterocycles. The highest BCUT2D eigenvalue weighted by Gasteiger charge is 2.27. The molecule has 4 rings (SSSR count). The fourth-order valence-corrected chi connectivity index (χ4v) is 3.72. The normalized spacial score (nSPS) is 13.7. The monoisotopic (exact) mass is 414 g/mol. The maximum Gasteiger partial charge on any atom is 0.339 e. The van der Waals surface area contributed by atoms with E-state index in [-0.39, 0.29) is 18.3 Å². The molecular weight excluding hydrogens is 392 g/mol. The number of esters is 1. The molecular formula is C25H22N2O4. The Bertz CT molecular complexity index is 1200. The van der Waals surface area contributed by atoms with Crippen LogP contribution in [0.15, 0.2) is 61.2 Å². The van der Waals surface area contributed by atoms with Crippen LogP contribution in [0, 0.1) is 0 Å². The number of rotatable bonds is 6. The number of ether oxygens (including phenoxy) is 1. The second kappa shape index (κ2) is 8.83. The smallest absolute Gasteiger partial charge is 0.339 e. The molecule has 0 radical (unpaired) electrons. The van der Waals surface area contributed by atoms with E-state index in [1.54, 1.807) is 18.2 Å². The summed E-state index contributed by atoms with van der Waals surface area (Å²) in [7, 11) is 0. The number of para-hydroxylation sites is 1. The molecule has 1 aliphatic rings. The highest BCUT2D eigenvalue weighted by atomic mass is 16.5. The van der Waals surface area contributed by atoms with Crippen LogP contribution in [0.5, 0.6) is 5.75 Å². The van der Waals surface area contributed by atoms with E-state index < -0.39 is 5.97 Å². The van der Waals surface area contributed by atoms with Crippen molar-refractivity contribution in [2.45, 2.75) is 12.8 Å². The van der Waals surface area contributed by atoms with Gasteiger partial charge in [0.1, 0.15) is 5.75 Å². The molecule has 0 spiro atoms. The summed E-state index contributed by atoms with van der Waals surface area (Å²) in [6.07, 6.45) is 4.97. The number of carbonyl (C=O) groups excluding carboxylic acids is 2. The van der Waals surface area contributed by atoms with E-state index in [0.29, 0.717) is 29.4 Å². The third-order valence-corrected chi connectivity index (χ3v) is 5.16. The number of aromatic hydroxyl groups is 1. The molecule has 0 bridgehead atoms. The van der Waals surface area contributed by atoms with Gasteiger partial charge in [0.15, 0.2) is 6.61 Å². The maximum absolute atomic E-state index is 13.0. The van der Waals surface area contributed by atoms with Crippen molar-refractivity contribution in [1.82, 2.24) is 10.3 Å². The van der Waals surface area contributed by atoms with Gasteiger partial charge in [0.2, 0.25) is 0 Å². The number of hydrogen-bond donors (Lipinski definition) is 2.